The Kier molecular flexibility index (Phi) is 4.84. The molecule has 3 aromatic heterocycles. The number of nitrogens with zero attached hydrogens (tertiary/aromatic N) is 7. The lowest BCUT2D eigenvalue weighted by molar-refractivity contribution is 0.116. The molecule has 3 heterocycles. The molecule has 0 spiro atoms. The number of rotatable bonds is 5. The van der Waals surface area contributed by atoms with Gasteiger partial charge >= 0.3 is 6.09 Å². The molecule has 0 radical (unpaired) electrons. The molecule has 10 nitrogen and oxygen atoms in total. The monoisotopic (exact) mass is 384 g/mol. The topological polar surface area (TPSA) is 114 Å². The number of hydrogen-bond acceptors (Lipinski definition) is 6. The molecule has 4 rings (SSSR count). The van der Waals surface area contributed by atoms with Gasteiger partial charge in [0, 0.05) is 39.1 Å². The van der Waals surface area contributed by atoms with Crippen molar-refractivity contribution in [1.82, 2.24) is 34.4 Å². The average molecular weight is 384 g/mol. The molecule has 0 atom stereocenters. The minimum absolute atomic E-state index is 0.112. The summed E-state index contributed by atoms with van der Waals surface area (Å²) in [5.74, 6) is 0.972. The summed E-state index contributed by atoms with van der Waals surface area (Å²) >= 11 is 0. The maximum absolute atomic E-state index is 11.1. The Morgan fingerprint density at radius 1 is 1.25 bits per heavy atom. The molecule has 0 saturated heterocycles. The summed E-state index contributed by atoms with van der Waals surface area (Å²) in [4.78, 5) is 21.5. The molecular weight excluding hydrogens is 360 g/mol. The Morgan fingerprint density at radius 2 is 2.04 bits per heavy atom. The Morgan fingerprint density at radius 3 is 2.71 bits per heavy atom. The van der Waals surface area contributed by atoms with Gasteiger partial charge in [0.15, 0.2) is 5.65 Å². The van der Waals surface area contributed by atoms with Gasteiger partial charge in [0.25, 0.3) is 0 Å². The van der Waals surface area contributed by atoms with E-state index >= 15 is 0 Å². The van der Waals surface area contributed by atoms with E-state index in [1.807, 2.05) is 17.9 Å². The number of hydrogen-bond donors (Lipinski definition) is 2. The van der Waals surface area contributed by atoms with Crippen LogP contribution in [0.15, 0.2) is 24.8 Å². The van der Waals surface area contributed by atoms with Crippen LogP contribution in [0.4, 0.5) is 16.4 Å². The molecule has 2 N–H and O–H groups in total. The Hall–Kier alpha value is -3.17. The van der Waals surface area contributed by atoms with Crippen LogP contribution in [-0.2, 0) is 13.6 Å². The number of aryl methyl sites for hydroxylation is 1. The van der Waals surface area contributed by atoms with E-state index < -0.39 is 6.09 Å². The van der Waals surface area contributed by atoms with E-state index in [0.29, 0.717) is 11.9 Å². The second-order valence-corrected chi connectivity index (χ2v) is 7.39. The summed E-state index contributed by atoms with van der Waals surface area (Å²) in [5, 5.41) is 21.8. The highest BCUT2D eigenvalue weighted by molar-refractivity contribution is 5.75. The Balaban J connectivity index is 1.44. The molecule has 1 fully saturated rings. The van der Waals surface area contributed by atoms with Gasteiger partial charge in [0.2, 0.25) is 5.95 Å². The van der Waals surface area contributed by atoms with E-state index in [4.69, 9.17) is 5.11 Å². The second-order valence-electron chi connectivity index (χ2n) is 7.39. The van der Waals surface area contributed by atoms with Crippen molar-refractivity contribution in [2.24, 2.45) is 13.0 Å². The van der Waals surface area contributed by atoms with Gasteiger partial charge in [0.1, 0.15) is 0 Å². The standard InChI is InChI=1S/C18H24N8O2/c1-24-11-14(9-20-24)22-17-19-7-13-8-21-26(16(13)23-17)10-12-3-5-15(6-4-12)25(2)18(27)28/h7-9,11-12,15H,3-6,10H2,1-2H3,(H,27,28)(H,19,22,23). The number of fused-ring (bicyclic) bond motifs is 1. The maximum atomic E-state index is 11.1. The van der Waals surface area contributed by atoms with E-state index in [9.17, 15) is 4.79 Å². The molecular formula is C18H24N8O2. The fraction of sp³-hybridized carbons (Fsp3) is 0.500. The molecule has 1 amide bonds. The van der Waals surface area contributed by atoms with Gasteiger partial charge in [-0.2, -0.15) is 15.2 Å². The van der Waals surface area contributed by atoms with Crippen LogP contribution in [0.1, 0.15) is 25.7 Å². The van der Waals surface area contributed by atoms with E-state index in [-0.39, 0.29) is 6.04 Å². The van der Waals surface area contributed by atoms with Crippen LogP contribution in [0.25, 0.3) is 11.0 Å². The lowest BCUT2D eigenvalue weighted by Gasteiger charge is -2.33. The smallest absolute Gasteiger partial charge is 0.407 e. The van der Waals surface area contributed by atoms with Crippen molar-refractivity contribution < 1.29 is 9.90 Å². The van der Waals surface area contributed by atoms with Crippen molar-refractivity contribution in [3.8, 4) is 0 Å². The summed E-state index contributed by atoms with van der Waals surface area (Å²) in [6.45, 7) is 0.774. The molecule has 3 aromatic rings. The van der Waals surface area contributed by atoms with Gasteiger partial charge in [-0.05, 0) is 31.6 Å². The van der Waals surface area contributed by atoms with Gasteiger partial charge < -0.3 is 15.3 Å². The van der Waals surface area contributed by atoms with Crippen molar-refractivity contribution in [2.75, 3.05) is 12.4 Å². The number of amides is 1. The predicted octanol–water partition coefficient (Wildman–Crippen LogP) is 2.47. The van der Waals surface area contributed by atoms with Crippen LogP contribution in [0.5, 0.6) is 0 Å². The number of carboxylic acid groups (broad SMARTS) is 1. The zero-order chi connectivity index (χ0) is 19.7. The van der Waals surface area contributed by atoms with Crippen molar-refractivity contribution in [2.45, 2.75) is 38.3 Å². The number of aromatic nitrogens is 6. The lowest BCUT2D eigenvalue weighted by Crippen LogP contribution is -2.39. The van der Waals surface area contributed by atoms with Crippen molar-refractivity contribution in [1.29, 1.82) is 0 Å². The van der Waals surface area contributed by atoms with Crippen molar-refractivity contribution in [3.05, 3.63) is 24.8 Å². The number of nitrogens with one attached hydrogen (secondary N) is 1. The van der Waals surface area contributed by atoms with Crippen LogP contribution < -0.4 is 5.32 Å². The van der Waals surface area contributed by atoms with E-state index in [1.165, 1.54) is 4.90 Å². The molecule has 1 aliphatic rings. The first-order valence-electron chi connectivity index (χ1n) is 9.39. The number of carbonyl (C=O) groups is 1. The second kappa shape index (κ2) is 7.45. The highest BCUT2D eigenvalue weighted by Gasteiger charge is 2.27. The molecule has 28 heavy (non-hydrogen) atoms. The minimum Gasteiger partial charge on any atom is -0.465 e. The minimum atomic E-state index is -0.855. The van der Waals surface area contributed by atoms with E-state index in [0.717, 1.165) is 48.9 Å². The van der Waals surface area contributed by atoms with Crippen LogP contribution in [0.2, 0.25) is 0 Å². The average Bonchev–Trinajstić information content (AvgIpc) is 3.28. The highest BCUT2D eigenvalue weighted by atomic mass is 16.4. The molecule has 148 valence electrons. The molecule has 10 heteroatoms. The largest absolute Gasteiger partial charge is 0.465 e. The van der Waals surface area contributed by atoms with Gasteiger partial charge in [-0.25, -0.2) is 14.5 Å². The SMILES string of the molecule is CN(C(=O)O)C1CCC(Cn2ncc3cnc(Nc4cnn(C)c4)nc32)CC1. The van der Waals surface area contributed by atoms with Crippen molar-refractivity contribution in [3.63, 3.8) is 0 Å². The summed E-state index contributed by atoms with van der Waals surface area (Å²) < 4.78 is 3.64. The summed E-state index contributed by atoms with van der Waals surface area (Å²) in [6, 6.07) is 0.112. The van der Waals surface area contributed by atoms with Crippen molar-refractivity contribution >= 4 is 28.8 Å². The molecule has 0 bridgehead atoms. The zero-order valence-electron chi connectivity index (χ0n) is 16.0. The fourth-order valence-corrected chi connectivity index (χ4v) is 3.79. The first-order chi connectivity index (χ1) is 13.5. The maximum Gasteiger partial charge on any atom is 0.407 e. The molecule has 1 aliphatic carbocycles. The summed E-state index contributed by atoms with van der Waals surface area (Å²) in [6.07, 6.45) is 10.0. The van der Waals surface area contributed by atoms with E-state index in [2.05, 4.69) is 25.5 Å². The first kappa shape index (κ1) is 18.2. The zero-order valence-corrected chi connectivity index (χ0v) is 16.0. The van der Waals surface area contributed by atoms with Gasteiger partial charge in [0.05, 0.1) is 23.5 Å². The Labute approximate surface area is 162 Å². The molecule has 0 aromatic carbocycles. The number of anilines is 2. The third-order valence-corrected chi connectivity index (χ3v) is 5.43. The summed E-state index contributed by atoms with van der Waals surface area (Å²) in [7, 11) is 3.51. The fourth-order valence-electron chi connectivity index (χ4n) is 3.79. The van der Waals surface area contributed by atoms with Crippen LogP contribution in [-0.4, -0.2) is 58.7 Å². The molecule has 1 saturated carbocycles. The van der Waals surface area contributed by atoms with Crippen LogP contribution in [0.3, 0.4) is 0 Å². The third kappa shape index (κ3) is 3.75. The van der Waals surface area contributed by atoms with E-state index in [1.54, 1.807) is 30.3 Å². The Bertz CT molecular complexity index is 973. The highest BCUT2D eigenvalue weighted by Crippen LogP contribution is 2.29. The van der Waals surface area contributed by atoms with Crippen LogP contribution in [0, 0.1) is 5.92 Å². The first-order valence-corrected chi connectivity index (χ1v) is 9.39. The quantitative estimate of drug-likeness (QED) is 0.694. The lowest BCUT2D eigenvalue weighted by atomic mass is 9.85. The van der Waals surface area contributed by atoms with Crippen LogP contribution >= 0.6 is 0 Å². The van der Waals surface area contributed by atoms with Gasteiger partial charge in [-0.15, -0.1) is 0 Å². The third-order valence-electron chi connectivity index (χ3n) is 5.43. The summed E-state index contributed by atoms with van der Waals surface area (Å²) in [5.41, 5.74) is 1.62. The van der Waals surface area contributed by atoms with Gasteiger partial charge in [-0.3, -0.25) is 4.68 Å². The normalized spacial score (nSPS) is 19.6. The predicted molar refractivity (Wildman–Crippen MR) is 103 cm³/mol. The molecule has 0 aliphatic heterocycles. The van der Waals surface area contributed by atoms with Gasteiger partial charge in [-0.1, -0.05) is 0 Å². The molecule has 0 unspecified atom stereocenters.